The Hall–Kier alpha value is -3.16. The van der Waals surface area contributed by atoms with Crippen LogP contribution < -0.4 is 4.90 Å². The standard InChI is InChI=1S/C25H34N6O2/c1-7-17-12-19(18-8-10-31(11-9-18)24(32)33-25(2,3)4)26-15-22(17)30(6)23-13-21-20(14-27-23)28-16-29(21)5/h12-16,18H,7-11H2,1-6H3. The van der Waals surface area contributed by atoms with Gasteiger partial charge in [0.2, 0.25) is 0 Å². The van der Waals surface area contributed by atoms with Crippen LogP contribution in [-0.2, 0) is 18.2 Å². The fourth-order valence-electron chi connectivity index (χ4n) is 4.33. The zero-order valence-corrected chi connectivity index (χ0v) is 20.5. The molecule has 0 N–H and O–H groups in total. The van der Waals surface area contributed by atoms with E-state index in [0.29, 0.717) is 19.0 Å². The van der Waals surface area contributed by atoms with Crippen LogP contribution in [0.5, 0.6) is 0 Å². The Morgan fingerprint density at radius 1 is 1.15 bits per heavy atom. The van der Waals surface area contributed by atoms with Crippen molar-refractivity contribution in [3.63, 3.8) is 0 Å². The Bertz CT molecular complexity index is 1140. The van der Waals surface area contributed by atoms with Gasteiger partial charge in [-0.3, -0.25) is 4.98 Å². The van der Waals surface area contributed by atoms with Crippen LogP contribution in [0, 0.1) is 0 Å². The fraction of sp³-hybridized carbons (Fsp3) is 0.520. The number of aryl methyl sites for hydroxylation is 2. The summed E-state index contributed by atoms with van der Waals surface area (Å²) in [4.78, 5) is 30.1. The Labute approximate surface area is 195 Å². The number of imidazole rings is 1. The minimum Gasteiger partial charge on any atom is -0.444 e. The Morgan fingerprint density at radius 2 is 1.88 bits per heavy atom. The highest BCUT2D eigenvalue weighted by Crippen LogP contribution is 2.32. The lowest BCUT2D eigenvalue weighted by molar-refractivity contribution is 0.0204. The summed E-state index contributed by atoms with van der Waals surface area (Å²) in [5.41, 5.74) is 4.86. The van der Waals surface area contributed by atoms with Gasteiger partial charge in [-0.05, 0) is 51.7 Å². The van der Waals surface area contributed by atoms with Crippen LogP contribution in [0.1, 0.15) is 57.7 Å². The van der Waals surface area contributed by atoms with Gasteiger partial charge in [-0.15, -0.1) is 0 Å². The third-order valence-electron chi connectivity index (χ3n) is 6.24. The number of carbonyl (C=O) groups excluding carboxylic acids is 1. The maximum atomic E-state index is 12.4. The van der Waals surface area contributed by atoms with Crippen molar-refractivity contribution in [2.75, 3.05) is 25.0 Å². The number of ether oxygens (including phenoxy) is 1. The van der Waals surface area contributed by atoms with Gasteiger partial charge in [-0.2, -0.15) is 0 Å². The lowest BCUT2D eigenvalue weighted by Crippen LogP contribution is -2.41. The number of pyridine rings is 2. The molecule has 3 aromatic rings. The van der Waals surface area contributed by atoms with Crippen molar-refractivity contribution >= 4 is 28.6 Å². The topological polar surface area (TPSA) is 76.4 Å². The van der Waals surface area contributed by atoms with Gasteiger partial charge >= 0.3 is 6.09 Å². The zero-order chi connectivity index (χ0) is 23.8. The summed E-state index contributed by atoms with van der Waals surface area (Å²) in [6.45, 7) is 9.25. The van der Waals surface area contributed by atoms with Gasteiger partial charge in [0.05, 0.1) is 29.9 Å². The SMILES string of the molecule is CCc1cc(C2CCN(C(=O)OC(C)(C)C)CC2)ncc1N(C)c1cc2c(cn1)ncn2C. The summed E-state index contributed by atoms with van der Waals surface area (Å²) >= 11 is 0. The quantitative estimate of drug-likeness (QED) is 0.568. The van der Waals surface area contributed by atoms with Gasteiger partial charge in [0.1, 0.15) is 16.9 Å². The highest BCUT2D eigenvalue weighted by Gasteiger charge is 2.28. The number of hydrogen-bond donors (Lipinski definition) is 0. The monoisotopic (exact) mass is 450 g/mol. The molecule has 1 amide bonds. The van der Waals surface area contributed by atoms with E-state index in [-0.39, 0.29) is 6.09 Å². The Balaban J connectivity index is 1.49. The second kappa shape index (κ2) is 9.00. The van der Waals surface area contributed by atoms with E-state index in [1.54, 1.807) is 6.33 Å². The molecule has 8 nitrogen and oxygen atoms in total. The van der Waals surface area contributed by atoms with Crippen LogP contribution in [-0.4, -0.2) is 56.3 Å². The number of anilines is 2. The highest BCUT2D eigenvalue weighted by molar-refractivity contribution is 5.79. The number of carbonyl (C=O) groups is 1. The number of rotatable bonds is 4. The molecule has 0 aromatic carbocycles. The number of nitrogens with zero attached hydrogens (tertiary/aromatic N) is 6. The molecule has 4 rings (SSSR count). The molecule has 0 saturated carbocycles. The molecular weight excluding hydrogens is 416 g/mol. The first-order valence-electron chi connectivity index (χ1n) is 11.6. The maximum Gasteiger partial charge on any atom is 0.410 e. The molecular formula is C25H34N6O2. The van der Waals surface area contributed by atoms with Crippen molar-refractivity contribution in [2.45, 2.75) is 58.5 Å². The molecule has 8 heteroatoms. The van der Waals surface area contributed by atoms with Gasteiger partial charge < -0.3 is 19.1 Å². The van der Waals surface area contributed by atoms with E-state index in [0.717, 1.165) is 47.5 Å². The summed E-state index contributed by atoms with van der Waals surface area (Å²) in [7, 11) is 4.01. The zero-order valence-electron chi connectivity index (χ0n) is 20.5. The van der Waals surface area contributed by atoms with Crippen LogP contribution in [0.15, 0.2) is 30.9 Å². The van der Waals surface area contributed by atoms with Crippen LogP contribution in [0.4, 0.5) is 16.3 Å². The normalized spacial score (nSPS) is 15.2. The first-order valence-corrected chi connectivity index (χ1v) is 11.6. The van der Waals surface area contributed by atoms with Crippen molar-refractivity contribution in [1.29, 1.82) is 0 Å². The molecule has 1 aliphatic heterocycles. The lowest BCUT2D eigenvalue weighted by Gasteiger charge is -2.33. The van der Waals surface area contributed by atoms with Crippen molar-refractivity contribution in [1.82, 2.24) is 24.4 Å². The van der Waals surface area contributed by atoms with Crippen molar-refractivity contribution < 1.29 is 9.53 Å². The van der Waals surface area contributed by atoms with Gasteiger partial charge in [-0.1, -0.05) is 6.92 Å². The first-order chi connectivity index (χ1) is 15.7. The summed E-state index contributed by atoms with van der Waals surface area (Å²) in [6.07, 6.45) is 8.04. The number of piperidine rings is 1. The molecule has 0 spiro atoms. The minimum atomic E-state index is -0.469. The fourth-order valence-corrected chi connectivity index (χ4v) is 4.33. The number of likely N-dealkylation sites (tertiary alicyclic amines) is 1. The van der Waals surface area contributed by atoms with E-state index in [1.807, 2.05) is 56.7 Å². The Morgan fingerprint density at radius 3 is 2.55 bits per heavy atom. The van der Waals surface area contributed by atoms with Crippen LogP contribution in [0.3, 0.4) is 0 Å². The smallest absolute Gasteiger partial charge is 0.410 e. The highest BCUT2D eigenvalue weighted by atomic mass is 16.6. The molecule has 4 heterocycles. The predicted octanol–water partition coefficient (Wildman–Crippen LogP) is 4.81. The number of hydrogen-bond acceptors (Lipinski definition) is 6. The van der Waals surface area contributed by atoms with Gasteiger partial charge in [-0.25, -0.2) is 14.8 Å². The van der Waals surface area contributed by atoms with E-state index in [9.17, 15) is 4.79 Å². The second-order valence-electron chi connectivity index (χ2n) is 9.78. The molecule has 0 bridgehead atoms. The lowest BCUT2D eigenvalue weighted by atomic mass is 9.92. The van der Waals surface area contributed by atoms with Gasteiger partial charge in [0, 0.05) is 44.9 Å². The number of amides is 1. The number of fused-ring (bicyclic) bond motifs is 1. The average molecular weight is 451 g/mol. The molecule has 0 unspecified atom stereocenters. The van der Waals surface area contributed by atoms with E-state index < -0.39 is 5.60 Å². The van der Waals surface area contributed by atoms with Crippen LogP contribution in [0.2, 0.25) is 0 Å². The molecule has 0 aliphatic carbocycles. The molecule has 3 aromatic heterocycles. The number of aromatic nitrogens is 4. The first kappa shape index (κ1) is 23.0. The third kappa shape index (κ3) is 4.94. The summed E-state index contributed by atoms with van der Waals surface area (Å²) < 4.78 is 7.52. The molecule has 33 heavy (non-hydrogen) atoms. The van der Waals surface area contributed by atoms with E-state index >= 15 is 0 Å². The van der Waals surface area contributed by atoms with Gasteiger partial charge in [0.25, 0.3) is 0 Å². The molecule has 0 atom stereocenters. The van der Waals surface area contributed by atoms with Crippen molar-refractivity contribution in [3.8, 4) is 0 Å². The predicted molar refractivity (Wildman–Crippen MR) is 130 cm³/mol. The van der Waals surface area contributed by atoms with Crippen molar-refractivity contribution in [2.24, 2.45) is 7.05 Å². The largest absolute Gasteiger partial charge is 0.444 e. The third-order valence-corrected chi connectivity index (χ3v) is 6.24. The van der Waals surface area contributed by atoms with E-state index in [4.69, 9.17) is 9.72 Å². The summed E-state index contributed by atoms with van der Waals surface area (Å²) in [5, 5.41) is 0. The van der Waals surface area contributed by atoms with Crippen molar-refractivity contribution in [3.05, 3.63) is 42.1 Å². The molecule has 176 valence electrons. The summed E-state index contributed by atoms with van der Waals surface area (Å²) in [5.74, 6) is 1.21. The maximum absolute atomic E-state index is 12.4. The second-order valence-corrected chi connectivity index (χ2v) is 9.78. The van der Waals surface area contributed by atoms with Gasteiger partial charge in [0.15, 0.2) is 0 Å². The van der Waals surface area contributed by atoms with Crippen LogP contribution >= 0.6 is 0 Å². The van der Waals surface area contributed by atoms with Crippen LogP contribution in [0.25, 0.3) is 11.0 Å². The Kier molecular flexibility index (Phi) is 6.28. The molecule has 1 aliphatic rings. The average Bonchev–Trinajstić information content (AvgIpc) is 3.17. The molecule has 1 fully saturated rings. The molecule has 1 saturated heterocycles. The van der Waals surface area contributed by atoms with E-state index in [2.05, 4.69) is 33.9 Å². The molecule has 0 radical (unpaired) electrons. The minimum absolute atomic E-state index is 0.224. The van der Waals surface area contributed by atoms with E-state index in [1.165, 1.54) is 5.56 Å². The summed E-state index contributed by atoms with van der Waals surface area (Å²) in [6, 6.07) is 4.28.